The molecule has 2 fully saturated rings. The highest BCUT2D eigenvalue weighted by atomic mass is 16.5. The second-order valence-electron chi connectivity index (χ2n) is 4.40. The van der Waals surface area contributed by atoms with Crippen LogP contribution in [0.1, 0.15) is 26.2 Å². The van der Waals surface area contributed by atoms with Crippen molar-refractivity contribution in [2.45, 2.75) is 50.5 Å². The molecule has 4 atom stereocenters. The number of likely N-dealkylation sites (N-methyl/N-ethyl adjacent to an activating group) is 1. The molecule has 0 aliphatic carbocycles. The van der Waals surface area contributed by atoms with Gasteiger partial charge in [-0.25, -0.2) is 0 Å². The van der Waals surface area contributed by atoms with Crippen LogP contribution in [0.15, 0.2) is 0 Å². The number of rotatable bonds is 1. The summed E-state index contributed by atoms with van der Waals surface area (Å²) in [7, 11) is 2.05. The minimum absolute atomic E-state index is 0.0142. The predicted octanol–water partition coefficient (Wildman–Crippen LogP) is 0.145. The number of piperidine rings is 1. The van der Waals surface area contributed by atoms with Gasteiger partial charge in [-0.1, -0.05) is 0 Å². The van der Waals surface area contributed by atoms with Crippen LogP contribution in [0, 0.1) is 0 Å². The molecule has 1 N–H and O–H groups in total. The Bertz CT molecular complexity index is 244. The van der Waals surface area contributed by atoms with Crippen molar-refractivity contribution in [1.29, 1.82) is 0 Å². The third kappa shape index (κ3) is 1.64. The quantitative estimate of drug-likeness (QED) is 0.610. The van der Waals surface area contributed by atoms with Crippen LogP contribution in [0.25, 0.3) is 0 Å². The molecule has 2 aliphatic heterocycles. The summed E-state index contributed by atoms with van der Waals surface area (Å²) in [5.74, 6) is -0.217. The van der Waals surface area contributed by atoms with Gasteiger partial charge in [-0.15, -0.1) is 0 Å². The molecule has 80 valence electrons. The van der Waals surface area contributed by atoms with Crippen LogP contribution in [0.2, 0.25) is 0 Å². The van der Waals surface area contributed by atoms with E-state index in [1.807, 2.05) is 7.05 Å². The van der Waals surface area contributed by atoms with E-state index in [0.29, 0.717) is 6.04 Å². The van der Waals surface area contributed by atoms with Gasteiger partial charge < -0.3 is 9.84 Å². The molecule has 0 spiro atoms. The largest absolute Gasteiger partial charge is 0.461 e. The topological polar surface area (TPSA) is 49.8 Å². The van der Waals surface area contributed by atoms with E-state index in [0.717, 1.165) is 19.3 Å². The van der Waals surface area contributed by atoms with E-state index in [4.69, 9.17) is 4.74 Å². The predicted molar refractivity (Wildman–Crippen MR) is 50.8 cm³/mol. The molecule has 14 heavy (non-hydrogen) atoms. The number of carbonyl (C=O) groups excluding carboxylic acids is 1. The zero-order valence-electron chi connectivity index (χ0n) is 8.64. The Labute approximate surface area is 83.8 Å². The number of aliphatic hydroxyl groups is 1. The summed E-state index contributed by atoms with van der Waals surface area (Å²) in [5, 5.41) is 9.59. The van der Waals surface area contributed by atoms with Gasteiger partial charge >= 0.3 is 5.97 Å². The summed E-state index contributed by atoms with van der Waals surface area (Å²) in [4.78, 5) is 13.1. The highest BCUT2D eigenvalue weighted by Gasteiger charge is 2.45. The van der Waals surface area contributed by atoms with Crippen molar-refractivity contribution in [3.05, 3.63) is 0 Å². The fraction of sp³-hybridized carbons (Fsp3) is 0.900. The first kappa shape index (κ1) is 9.93. The van der Waals surface area contributed by atoms with Gasteiger partial charge in [-0.2, -0.15) is 0 Å². The van der Waals surface area contributed by atoms with E-state index >= 15 is 0 Å². The smallest absolute Gasteiger partial charge is 0.302 e. The summed E-state index contributed by atoms with van der Waals surface area (Å²) in [6, 6.07) is 0.598. The fourth-order valence-electron chi connectivity index (χ4n) is 2.73. The third-order valence-electron chi connectivity index (χ3n) is 3.41. The average Bonchev–Trinajstić information content (AvgIpc) is 2.30. The third-order valence-corrected chi connectivity index (χ3v) is 3.41. The maximum atomic E-state index is 10.9. The Morgan fingerprint density at radius 1 is 1.43 bits per heavy atom. The molecule has 2 heterocycles. The van der Waals surface area contributed by atoms with Gasteiger partial charge in [0.05, 0.1) is 6.10 Å². The van der Waals surface area contributed by atoms with E-state index in [1.165, 1.54) is 6.92 Å². The number of esters is 1. The minimum atomic E-state index is -0.221. The van der Waals surface area contributed by atoms with Crippen molar-refractivity contribution in [2.75, 3.05) is 7.05 Å². The lowest BCUT2D eigenvalue weighted by molar-refractivity contribution is -0.147. The van der Waals surface area contributed by atoms with Crippen LogP contribution in [-0.2, 0) is 9.53 Å². The van der Waals surface area contributed by atoms with Crippen molar-refractivity contribution in [2.24, 2.45) is 0 Å². The van der Waals surface area contributed by atoms with Gasteiger partial charge in [0.1, 0.15) is 6.10 Å². The molecule has 0 unspecified atom stereocenters. The Balaban J connectivity index is 2.05. The molecule has 2 saturated heterocycles. The Morgan fingerprint density at radius 2 is 2.14 bits per heavy atom. The highest BCUT2D eigenvalue weighted by molar-refractivity contribution is 5.66. The molecule has 0 radical (unpaired) electrons. The number of hydrogen-bond acceptors (Lipinski definition) is 4. The normalized spacial score (nSPS) is 42.5. The lowest BCUT2D eigenvalue weighted by atomic mass is 10.0. The van der Waals surface area contributed by atoms with Crippen LogP contribution in [-0.4, -0.2) is 47.3 Å². The first-order valence-electron chi connectivity index (χ1n) is 5.15. The van der Waals surface area contributed by atoms with E-state index < -0.39 is 0 Å². The zero-order chi connectivity index (χ0) is 10.3. The van der Waals surface area contributed by atoms with E-state index in [-0.39, 0.29) is 24.2 Å². The standard InChI is InChI=1S/C10H17NO3/c1-6(12)14-10-4-7-3-8(13)5-9(10)11(7)2/h7-10,13H,3-5H2,1-2H3/t7-,8-,9-,10+/m1/s1. The molecule has 0 aromatic heterocycles. The maximum absolute atomic E-state index is 10.9. The number of hydrogen-bond donors (Lipinski definition) is 1. The fourth-order valence-corrected chi connectivity index (χ4v) is 2.73. The summed E-state index contributed by atoms with van der Waals surface area (Å²) in [6.45, 7) is 1.44. The van der Waals surface area contributed by atoms with Crippen molar-refractivity contribution < 1.29 is 14.6 Å². The van der Waals surface area contributed by atoms with Crippen molar-refractivity contribution >= 4 is 5.97 Å². The molecule has 2 bridgehead atoms. The zero-order valence-corrected chi connectivity index (χ0v) is 8.64. The molecule has 2 rings (SSSR count). The molecule has 0 aromatic rings. The molecular formula is C10H17NO3. The van der Waals surface area contributed by atoms with E-state index in [1.54, 1.807) is 0 Å². The monoisotopic (exact) mass is 199 g/mol. The van der Waals surface area contributed by atoms with Gasteiger partial charge in [0, 0.05) is 25.4 Å². The number of ether oxygens (including phenoxy) is 1. The number of fused-ring (bicyclic) bond motifs is 2. The van der Waals surface area contributed by atoms with Crippen LogP contribution in [0.5, 0.6) is 0 Å². The molecule has 2 aliphatic rings. The van der Waals surface area contributed by atoms with Gasteiger partial charge in [-0.05, 0) is 19.9 Å². The second kappa shape index (κ2) is 3.51. The first-order chi connectivity index (χ1) is 6.58. The Hall–Kier alpha value is -0.610. The van der Waals surface area contributed by atoms with Crippen LogP contribution < -0.4 is 0 Å². The van der Waals surface area contributed by atoms with Crippen LogP contribution in [0.4, 0.5) is 0 Å². The number of carbonyl (C=O) groups is 1. The highest BCUT2D eigenvalue weighted by Crippen LogP contribution is 2.36. The van der Waals surface area contributed by atoms with E-state index in [9.17, 15) is 9.90 Å². The molecule has 4 heteroatoms. The summed E-state index contributed by atoms with van der Waals surface area (Å²) >= 11 is 0. The van der Waals surface area contributed by atoms with Crippen molar-refractivity contribution in [3.8, 4) is 0 Å². The van der Waals surface area contributed by atoms with Crippen molar-refractivity contribution in [1.82, 2.24) is 4.90 Å². The second-order valence-corrected chi connectivity index (χ2v) is 4.40. The molecule has 0 saturated carbocycles. The van der Waals surface area contributed by atoms with Crippen LogP contribution >= 0.6 is 0 Å². The van der Waals surface area contributed by atoms with Gasteiger partial charge in [0.15, 0.2) is 0 Å². The Morgan fingerprint density at radius 3 is 2.79 bits per heavy atom. The molecule has 0 aromatic carbocycles. The Kier molecular flexibility index (Phi) is 2.49. The summed E-state index contributed by atoms with van der Waals surface area (Å²) < 4.78 is 5.25. The summed E-state index contributed by atoms with van der Waals surface area (Å²) in [5.41, 5.74) is 0. The maximum Gasteiger partial charge on any atom is 0.302 e. The number of nitrogens with zero attached hydrogens (tertiary/aromatic N) is 1. The van der Waals surface area contributed by atoms with Gasteiger partial charge in [0.2, 0.25) is 0 Å². The number of aliphatic hydroxyl groups excluding tert-OH is 1. The SMILES string of the molecule is CC(=O)O[C@H]1C[C@H]2C[C@@H](O)C[C@H]1N2C. The molecule has 0 amide bonds. The summed E-state index contributed by atoms with van der Waals surface area (Å²) in [6.07, 6.45) is 2.18. The first-order valence-corrected chi connectivity index (χ1v) is 5.15. The lowest BCUT2D eigenvalue weighted by Crippen LogP contribution is -2.44. The molecule has 4 nitrogen and oxygen atoms in total. The lowest BCUT2D eigenvalue weighted by Gasteiger charge is -2.34. The van der Waals surface area contributed by atoms with Gasteiger partial charge in [-0.3, -0.25) is 9.69 Å². The van der Waals surface area contributed by atoms with Crippen molar-refractivity contribution in [3.63, 3.8) is 0 Å². The van der Waals surface area contributed by atoms with Gasteiger partial charge in [0.25, 0.3) is 0 Å². The molecular weight excluding hydrogens is 182 g/mol. The van der Waals surface area contributed by atoms with E-state index in [2.05, 4.69) is 4.90 Å². The minimum Gasteiger partial charge on any atom is -0.461 e. The van der Waals surface area contributed by atoms with Crippen LogP contribution in [0.3, 0.4) is 0 Å². The average molecular weight is 199 g/mol.